The lowest BCUT2D eigenvalue weighted by atomic mass is 10.0. The van der Waals surface area contributed by atoms with E-state index in [9.17, 15) is 4.79 Å². The molecule has 0 radical (unpaired) electrons. The van der Waals surface area contributed by atoms with E-state index in [1.54, 1.807) is 6.92 Å². The molecule has 0 fully saturated rings. The van der Waals surface area contributed by atoms with Crippen molar-refractivity contribution in [3.05, 3.63) is 12.2 Å². The fourth-order valence-electron chi connectivity index (χ4n) is 3.15. The van der Waals surface area contributed by atoms with Crippen LogP contribution in [0.4, 0.5) is 0 Å². The Labute approximate surface area is 183 Å². The predicted molar refractivity (Wildman–Crippen MR) is 124 cm³/mol. The first-order chi connectivity index (χ1) is 13.8. The first-order valence-electron chi connectivity index (χ1n) is 11.4. The second kappa shape index (κ2) is 19.7. The second-order valence-corrected chi connectivity index (χ2v) is 10.6. The minimum Gasteiger partial charge on any atom is -0.462 e. The topological polar surface area (TPSA) is 76.0 Å². The van der Waals surface area contributed by atoms with Gasteiger partial charge in [-0.1, -0.05) is 96.5 Å². The third-order valence-electron chi connectivity index (χ3n) is 4.88. The monoisotopic (exact) mass is 450 g/mol. The standard InChI is InChI=1S/C22H43O5PS/c1-21(2)22(23)26-19-17-15-13-11-9-7-5-3-4-6-8-10-12-14-16-18-20-27-28(24,25)29/h1,3-20H2,2H3,(H2,24,25,29). The molecule has 0 aliphatic rings. The van der Waals surface area contributed by atoms with Gasteiger partial charge in [0, 0.05) is 5.57 Å². The van der Waals surface area contributed by atoms with Gasteiger partial charge in [0.2, 0.25) is 0 Å². The highest BCUT2D eigenvalue weighted by Crippen LogP contribution is 2.36. The molecule has 0 saturated heterocycles. The maximum atomic E-state index is 11.2. The van der Waals surface area contributed by atoms with Crippen molar-refractivity contribution >= 4 is 24.5 Å². The SMILES string of the molecule is C=C(C)C(=O)OCCCCCCCCCCCCCCCCCCOP(O)(O)=S. The molecule has 0 rings (SSSR count). The number of rotatable bonds is 21. The maximum absolute atomic E-state index is 11.2. The van der Waals surface area contributed by atoms with E-state index in [-0.39, 0.29) is 5.97 Å². The molecule has 0 heterocycles. The van der Waals surface area contributed by atoms with E-state index >= 15 is 0 Å². The molecule has 172 valence electrons. The lowest BCUT2D eigenvalue weighted by molar-refractivity contribution is -0.139. The molecule has 0 aromatic rings. The molecular formula is C22H43O5PS. The molecule has 0 aliphatic carbocycles. The van der Waals surface area contributed by atoms with Gasteiger partial charge in [-0.25, -0.2) is 4.79 Å². The van der Waals surface area contributed by atoms with Crippen LogP contribution in [0.3, 0.4) is 0 Å². The second-order valence-electron chi connectivity index (χ2n) is 7.90. The molecule has 0 unspecified atom stereocenters. The highest BCUT2D eigenvalue weighted by Gasteiger charge is 2.06. The highest BCUT2D eigenvalue weighted by atomic mass is 32.5. The van der Waals surface area contributed by atoms with Crippen LogP contribution in [0.25, 0.3) is 0 Å². The Morgan fingerprint density at radius 3 is 1.34 bits per heavy atom. The fraction of sp³-hybridized carbons (Fsp3) is 0.864. The first kappa shape index (κ1) is 28.7. The van der Waals surface area contributed by atoms with Gasteiger partial charge < -0.3 is 19.0 Å². The highest BCUT2D eigenvalue weighted by molar-refractivity contribution is 8.06. The lowest BCUT2D eigenvalue weighted by Crippen LogP contribution is -2.05. The summed E-state index contributed by atoms with van der Waals surface area (Å²) in [5.74, 6) is -0.275. The third kappa shape index (κ3) is 23.9. The fourth-order valence-corrected chi connectivity index (χ4v) is 3.74. The van der Waals surface area contributed by atoms with Crippen LogP contribution in [0.5, 0.6) is 0 Å². The number of carbonyl (C=O) groups is 1. The van der Waals surface area contributed by atoms with Gasteiger partial charge in [-0.05, 0) is 31.6 Å². The van der Waals surface area contributed by atoms with Crippen molar-refractivity contribution in [3.8, 4) is 0 Å². The van der Waals surface area contributed by atoms with Gasteiger partial charge in [0.25, 0.3) is 0 Å². The van der Waals surface area contributed by atoms with E-state index in [2.05, 4.69) is 18.4 Å². The van der Waals surface area contributed by atoms with Crippen molar-refractivity contribution in [1.82, 2.24) is 0 Å². The third-order valence-corrected chi connectivity index (χ3v) is 5.71. The van der Waals surface area contributed by atoms with Crippen molar-refractivity contribution in [2.75, 3.05) is 13.2 Å². The molecular weight excluding hydrogens is 407 g/mol. The number of hydrogen-bond acceptors (Lipinski definition) is 4. The van der Waals surface area contributed by atoms with Gasteiger partial charge in [-0.2, -0.15) is 0 Å². The summed E-state index contributed by atoms with van der Waals surface area (Å²) < 4.78 is 9.87. The Morgan fingerprint density at radius 1 is 0.724 bits per heavy atom. The lowest BCUT2D eigenvalue weighted by Gasteiger charge is -2.07. The number of ether oxygens (including phenoxy) is 1. The normalized spacial score (nSPS) is 11.6. The summed E-state index contributed by atoms with van der Waals surface area (Å²) in [6.45, 7) is 2.67. The zero-order valence-electron chi connectivity index (χ0n) is 18.4. The molecule has 0 aliphatic heterocycles. The minimum absolute atomic E-state index is 0.275. The van der Waals surface area contributed by atoms with Gasteiger partial charge in [0.1, 0.15) is 0 Å². The molecule has 0 amide bonds. The van der Waals surface area contributed by atoms with E-state index in [0.717, 1.165) is 25.7 Å². The van der Waals surface area contributed by atoms with Crippen LogP contribution in [0.1, 0.15) is 110 Å². The molecule has 7 heteroatoms. The molecule has 0 bridgehead atoms. The molecule has 0 saturated carbocycles. The Balaban J connectivity index is 3.11. The summed E-state index contributed by atoms with van der Waals surface area (Å²) in [7, 11) is 0. The van der Waals surface area contributed by atoms with E-state index in [4.69, 9.17) is 19.0 Å². The van der Waals surface area contributed by atoms with E-state index in [0.29, 0.717) is 18.8 Å². The van der Waals surface area contributed by atoms with Gasteiger partial charge in [-0.3, -0.25) is 0 Å². The van der Waals surface area contributed by atoms with Crippen LogP contribution in [0.2, 0.25) is 0 Å². The van der Waals surface area contributed by atoms with Gasteiger partial charge in [0.05, 0.1) is 13.2 Å². The van der Waals surface area contributed by atoms with Crippen LogP contribution in [-0.2, 0) is 25.9 Å². The van der Waals surface area contributed by atoms with Gasteiger partial charge in [0.15, 0.2) is 0 Å². The average molecular weight is 451 g/mol. The van der Waals surface area contributed by atoms with Crippen LogP contribution in [0.15, 0.2) is 12.2 Å². The Kier molecular flexibility index (Phi) is 19.5. The van der Waals surface area contributed by atoms with Crippen LogP contribution >= 0.6 is 6.72 Å². The predicted octanol–water partition coefficient (Wildman–Crippen LogP) is 6.57. The molecule has 5 nitrogen and oxygen atoms in total. The molecule has 2 N–H and O–H groups in total. The van der Waals surface area contributed by atoms with Crippen molar-refractivity contribution in [1.29, 1.82) is 0 Å². The molecule has 0 aromatic heterocycles. The summed E-state index contributed by atoms with van der Waals surface area (Å²) in [4.78, 5) is 29.1. The summed E-state index contributed by atoms with van der Waals surface area (Å²) in [6, 6.07) is 0. The minimum atomic E-state index is -3.45. The number of unbranched alkanes of at least 4 members (excludes halogenated alkanes) is 15. The largest absolute Gasteiger partial charge is 0.462 e. The average Bonchev–Trinajstić information content (AvgIpc) is 2.65. The van der Waals surface area contributed by atoms with Crippen LogP contribution in [0, 0.1) is 0 Å². The molecule has 0 spiro atoms. The Bertz CT molecular complexity index is 464. The summed E-state index contributed by atoms with van der Waals surface area (Å²) >= 11 is 4.40. The van der Waals surface area contributed by atoms with Crippen molar-refractivity contribution in [3.63, 3.8) is 0 Å². The first-order valence-corrected chi connectivity index (χ1v) is 14.0. The summed E-state index contributed by atoms with van der Waals surface area (Å²) in [6.07, 6.45) is 19.6. The van der Waals surface area contributed by atoms with Crippen molar-refractivity contribution in [2.24, 2.45) is 0 Å². The van der Waals surface area contributed by atoms with Gasteiger partial charge in [-0.15, -0.1) is 0 Å². The smallest absolute Gasteiger partial charge is 0.333 e. The zero-order valence-corrected chi connectivity index (χ0v) is 20.1. The van der Waals surface area contributed by atoms with Crippen LogP contribution in [-0.4, -0.2) is 29.0 Å². The number of carbonyl (C=O) groups excluding carboxylic acids is 1. The van der Waals surface area contributed by atoms with E-state index in [1.807, 2.05) is 0 Å². The van der Waals surface area contributed by atoms with E-state index in [1.165, 1.54) is 77.0 Å². The molecule has 0 atom stereocenters. The quantitative estimate of drug-likeness (QED) is 0.0891. The van der Waals surface area contributed by atoms with Crippen molar-refractivity contribution in [2.45, 2.75) is 110 Å². The summed E-state index contributed by atoms with van der Waals surface area (Å²) in [5.41, 5.74) is 0.473. The van der Waals surface area contributed by atoms with Gasteiger partial charge >= 0.3 is 12.7 Å². The van der Waals surface area contributed by atoms with Crippen molar-refractivity contribution < 1.29 is 23.8 Å². The summed E-state index contributed by atoms with van der Waals surface area (Å²) in [5, 5.41) is 0. The zero-order chi connectivity index (χ0) is 21.8. The van der Waals surface area contributed by atoms with Crippen LogP contribution < -0.4 is 0 Å². The maximum Gasteiger partial charge on any atom is 0.333 e. The Hall–Kier alpha value is -0.260. The number of esters is 1. The molecule has 0 aromatic carbocycles. The van der Waals surface area contributed by atoms with E-state index < -0.39 is 6.72 Å². The molecule has 29 heavy (non-hydrogen) atoms. The Morgan fingerprint density at radius 2 is 1.03 bits per heavy atom. The number of hydrogen-bond donors (Lipinski definition) is 2.